The van der Waals surface area contributed by atoms with Gasteiger partial charge in [0.05, 0.1) is 5.56 Å². The van der Waals surface area contributed by atoms with Crippen molar-refractivity contribution in [2.24, 2.45) is 0 Å². The van der Waals surface area contributed by atoms with Gasteiger partial charge >= 0.3 is 0 Å². The molecule has 0 N–H and O–H groups in total. The van der Waals surface area contributed by atoms with E-state index in [9.17, 15) is 0 Å². The summed E-state index contributed by atoms with van der Waals surface area (Å²) in [6.45, 7) is 2.57. The fourth-order valence-electron chi connectivity index (χ4n) is 2.20. The molecular formula is C19H18N2O. The van der Waals surface area contributed by atoms with Crippen LogP contribution in [-0.2, 0) is 13.0 Å². The van der Waals surface area contributed by atoms with Crippen molar-refractivity contribution in [1.82, 2.24) is 0 Å². The summed E-state index contributed by atoms with van der Waals surface area (Å²) in [5.41, 5.74) is 3.01. The maximum atomic E-state index is 9.17. The molecule has 2 rings (SSSR count). The van der Waals surface area contributed by atoms with E-state index in [-0.39, 0.29) is 0 Å². The fraction of sp³-hybridized carbons (Fsp3) is 0.263. The number of hydrogen-bond acceptors (Lipinski definition) is 3. The first-order valence-electron chi connectivity index (χ1n) is 7.42. The molecule has 110 valence electrons. The van der Waals surface area contributed by atoms with Gasteiger partial charge in [-0.1, -0.05) is 43.7 Å². The third kappa shape index (κ3) is 3.87. The van der Waals surface area contributed by atoms with Gasteiger partial charge in [0.25, 0.3) is 0 Å². The summed E-state index contributed by atoms with van der Waals surface area (Å²) in [4.78, 5) is 0. The number of aryl methyl sites for hydroxylation is 1. The van der Waals surface area contributed by atoms with Crippen molar-refractivity contribution in [3.05, 3.63) is 64.7 Å². The highest BCUT2D eigenvalue weighted by atomic mass is 16.5. The van der Waals surface area contributed by atoms with Gasteiger partial charge in [-0.05, 0) is 36.1 Å². The minimum atomic E-state index is 0.296. The summed E-state index contributed by atoms with van der Waals surface area (Å²) in [5, 5.41) is 18.2. The predicted molar refractivity (Wildman–Crippen MR) is 85.3 cm³/mol. The molecule has 0 spiro atoms. The average Bonchev–Trinajstić information content (AvgIpc) is 2.58. The molecular weight excluding hydrogens is 272 g/mol. The van der Waals surface area contributed by atoms with Crippen LogP contribution in [0.15, 0.2) is 42.5 Å². The molecule has 0 saturated carbocycles. The Morgan fingerprint density at radius 1 is 0.955 bits per heavy atom. The summed E-state index contributed by atoms with van der Waals surface area (Å²) >= 11 is 0. The van der Waals surface area contributed by atoms with Gasteiger partial charge in [-0.3, -0.25) is 0 Å². The molecule has 0 heterocycles. The molecule has 0 bridgehead atoms. The van der Waals surface area contributed by atoms with Gasteiger partial charge in [0.2, 0.25) is 0 Å². The van der Waals surface area contributed by atoms with Crippen LogP contribution in [0.4, 0.5) is 0 Å². The molecule has 0 aromatic heterocycles. The molecule has 2 aromatic rings. The van der Waals surface area contributed by atoms with Gasteiger partial charge in [0, 0.05) is 0 Å². The molecule has 0 fully saturated rings. The second-order valence-electron chi connectivity index (χ2n) is 5.11. The molecule has 3 nitrogen and oxygen atoms in total. The summed E-state index contributed by atoms with van der Waals surface area (Å²) in [5.74, 6) is 0.455. The number of rotatable bonds is 6. The van der Waals surface area contributed by atoms with E-state index in [4.69, 9.17) is 15.3 Å². The molecule has 2 aromatic carbocycles. The molecule has 0 aliphatic heterocycles. The van der Waals surface area contributed by atoms with Crippen LogP contribution in [0.3, 0.4) is 0 Å². The van der Waals surface area contributed by atoms with E-state index in [0.29, 0.717) is 23.5 Å². The zero-order valence-corrected chi connectivity index (χ0v) is 12.7. The first-order valence-corrected chi connectivity index (χ1v) is 7.42. The Morgan fingerprint density at radius 3 is 2.32 bits per heavy atom. The number of unbranched alkanes of at least 4 members (excludes halogenated alkanes) is 1. The van der Waals surface area contributed by atoms with Crippen LogP contribution in [0.25, 0.3) is 0 Å². The van der Waals surface area contributed by atoms with Crippen molar-refractivity contribution in [1.29, 1.82) is 10.5 Å². The highest BCUT2D eigenvalue weighted by Gasteiger charge is 2.08. The Bertz CT molecular complexity index is 706. The van der Waals surface area contributed by atoms with Crippen LogP contribution in [0.2, 0.25) is 0 Å². The maximum absolute atomic E-state index is 9.17. The number of benzene rings is 2. The summed E-state index contributed by atoms with van der Waals surface area (Å²) in [7, 11) is 0. The van der Waals surface area contributed by atoms with E-state index in [2.05, 4.69) is 19.1 Å². The molecule has 22 heavy (non-hydrogen) atoms. The lowest BCUT2D eigenvalue weighted by molar-refractivity contribution is 0.305. The Kier molecular flexibility index (Phi) is 5.57. The van der Waals surface area contributed by atoms with Gasteiger partial charge in [0.1, 0.15) is 30.1 Å². The molecule has 0 atom stereocenters. The van der Waals surface area contributed by atoms with Crippen molar-refractivity contribution in [3.63, 3.8) is 0 Å². The molecule has 0 amide bonds. The molecule has 3 heteroatoms. The van der Waals surface area contributed by atoms with Gasteiger partial charge in [-0.2, -0.15) is 10.5 Å². The SMILES string of the molecule is CCCCc1ccc(COc2cccc(C#N)c2C#N)cc1. The lowest BCUT2D eigenvalue weighted by atomic mass is 10.1. The third-order valence-electron chi connectivity index (χ3n) is 3.49. The van der Waals surface area contributed by atoms with E-state index in [1.807, 2.05) is 24.3 Å². The van der Waals surface area contributed by atoms with Gasteiger partial charge < -0.3 is 4.74 Å². The van der Waals surface area contributed by atoms with Crippen molar-refractivity contribution in [2.75, 3.05) is 0 Å². The van der Waals surface area contributed by atoms with Crippen LogP contribution in [0.1, 0.15) is 42.0 Å². The first kappa shape index (κ1) is 15.6. The van der Waals surface area contributed by atoms with Crippen molar-refractivity contribution in [2.45, 2.75) is 32.8 Å². The molecule has 0 unspecified atom stereocenters. The normalized spacial score (nSPS) is 9.77. The van der Waals surface area contributed by atoms with E-state index in [1.54, 1.807) is 18.2 Å². The Balaban J connectivity index is 2.05. The molecule has 0 aliphatic rings. The highest BCUT2D eigenvalue weighted by molar-refractivity contribution is 5.53. The van der Waals surface area contributed by atoms with Crippen molar-refractivity contribution in [3.8, 4) is 17.9 Å². The quantitative estimate of drug-likeness (QED) is 0.794. The van der Waals surface area contributed by atoms with Crippen LogP contribution >= 0.6 is 0 Å². The van der Waals surface area contributed by atoms with Gasteiger partial charge in [-0.15, -0.1) is 0 Å². The second-order valence-corrected chi connectivity index (χ2v) is 5.11. The lowest BCUT2D eigenvalue weighted by Crippen LogP contribution is -1.99. The standard InChI is InChI=1S/C19H18N2O/c1-2-3-5-15-8-10-16(11-9-15)14-22-19-7-4-6-17(12-20)18(19)13-21/h4,6-11H,2-3,5,14H2,1H3. The largest absolute Gasteiger partial charge is 0.487 e. The highest BCUT2D eigenvalue weighted by Crippen LogP contribution is 2.22. The number of hydrogen-bond donors (Lipinski definition) is 0. The zero-order chi connectivity index (χ0) is 15.8. The van der Waals surface area contributed by atoms with Crippen LogP contribution < -0.4 is 4.74 Å². The van der Waals surface area contributed by atoms with Gasteiger partial charge in [0.15, 0.2) is 0 Å². The molecule has 0 saturated heterocycles. The summed E-state index contributed by atoms with van der Waals surface area (Å²) in [6, 6.07) is 17.4. The smallest absolute Gasteiger partial charge is 0.138 e. The van der Waals surface area contributed by atoms with Gasteiger partial charge in [-0.25, -0.2) is 0 Å². The maximum Gasteiger partial charge on any atom is 0.138 e. The fourth-order valence-corrected chi connectivity index (χ4v) is 2.20. The van der Waals surface area contributed by atoms with Crippen LogP contribution in [0.5, 0.6) is 5.75 Å². The van der Waals surface area contributed by atoms with Crippen LogP contribution in [-0.4, -0.2) is 0 Å². The number of nitrogens with zero attached hydrogens (tertiary/aromatic N) is 2. The minimum absolute atomic E-state index is 0.296. The lowest BCUT2D eigenvalue weighted by Gasteiger charge is -2.09. The Hall–Kier alpha value is -2.78. The molecule has 0 radical (unpaired) electrons. The first-order chi connectivity index (χ1) is 10.8. The third-order valence-corrected chi connectivity index (χ3v) is 3.49. The van der Waals surface area contributed by atoms with E-state index >= 15 is 0 Å². The predicted octanol–water partition coefficient (Wildman–Crippen LogP) is 4.35. The number of ether oxygens (including phenoxy) is 1. The second kappa shape index (κ2) is 7.86. The summed E-state index contributed by atoms with van der Waals surface area (Å²) in [6.07, 6.45) is 3.49. The monoisotopic (exact) mass is 290 g/mol. The Morgan fingerprint density at radius 2 is 1.68 bits per heavy atom. The Labute approximate surface area is 131 Å². The summed E-state index contributed by atoms with van der Waals surface area (Å²) < 4.78 is 5.70. The topological polar surface area (TPSA) is 56.8 Å². The van der Waals surface area contributed by atoms with Crippen LogP contribution in [0, 0.1) is 22.7 Å². The number of nitriles is 2. The van der Waals surface area contributed by atoms with Crippen molar-refractivity contribution >= 4 is 0 Å². The van der Waals surface area contributed by atoms with E-state index < -0.39 is 0 Å². The zero-order valence-electron chi connectivity index (χ0n) is 12.7. The average molecular weight is 290 g/mol. The van der Waals surface area contributed by atoms with Crippen molar-refractivity contribution < 1.29 is 4.74 Å². The van der Waals surface area contributed by atoms with E-state index in [1.165, 1.54) is 18.4 Å². The van der Waals surface area contributed by atoms with E-state index in [0.717, 1.165) is 12.0 Å². The minimum Gasteiger partial charge on any atom is -0.487 e. The molecule has 0 aliphatic carbocycles.